The first kappa shape index (κ1) is 12.1. The number of nitrogens with two attached hydrogens (primary N) is 1. The molecule has 2 nitrogen and oxygen atoms in total. The largest absolute Gasteiger partial charge is 0.329 e. The molecule has 0 amide bonds. The van der Waals surface area contributed by atoms with Gasteiger partial charge in [0.25, 0.3) is 0 Å². The number of rotatable bonds is 5. The van der Waals surface area contributed by atoms with Gasteiger partial charge in [0.2, 0.25) is 0 Å². The van der Waals surface area contributed by atoms with E-state index in [0.717, 1.165) is 12.0 Å². The molecule has 0 heterocycles. The van der Waals surface area contributed by atoms with Gasteiger partial charge in [-0.25, -0.2) is 4.39 Å². The third-order valence-electron chi connectivity index (χ3n) is 2.74. The van der Waals surface area contributed by atoms with Crippen LogP contribution < -0.4 is 5.73 Å². The van der Waals surface area contributed by atoms with E-state index < -0.39 is 0 Å². The number of likely N-dealkylation sites (N-methyl/N-ethyl adjacent to an activating group) is 1. The number of halogens is 1. The predicted octanol–water partition coefficient (Wildman–Crippen LogP) is 1.99. The molecule has 1 rings (SSSR count). The number of nitrogens with zero attached hydrogens (tertiary/aromatic N) is 1. The summed E-state index contributed by atoms with van der Waals surface area (Å²) in [6.45, 7) is 3.32. The van der Waals surface area contributed by atoms with Crippen molar-refractivity contribution < 1.29 is 4.39 Å². The van der Waals surface area contributed by atoms with Crippen molar-refractivity contribution in [1.29, 1.82) is 0 Å². The molecule has 1 atom stereocenters. The molecule has 0 aromatic heterocycles. The first-order chi connectivity index (χ1) is 7.19. The van der Waals surface area contributed by atoms with Gasteiger partial charge in [0.05, 0.1) is 0 Å². The minimum absolute atomic E-state index is 0.142. The van der Waals surface area contributed by atoms with Gasteiger partial charge in [0, 0.05) is 24.7 Å². The smallest absolute Gasteiger partial charge is 0.127 e. The second kappa shape index (κ2) is 5.83. The highest BCUT2D eigenvalue weighted by atomic mass is 19.1. The Labute approximate surface area is 90.9 Å². The molecular formula is C12H19FN2. The molecule has 84 valence electrons. The molecule has 0 spiro atoms. The Kier molecular flexibility index (Phi) is 4.72. The minimum atomic E-state index is -0.142. The van der Waals surface area contributed by atoms with Gasteiger partial charge in [-0.1, -0.05) is 25.1 Å². The zero-order chi connectivity index (χ0) is 11.3. The first-order valence-electron chi connectivity index (χ1n) is 5.32. The van der Waals surface area contributed by atoms with Gasteiger partial charge in [0.15, 0.2) is 0 Å². The Bertz CT molecular complexity index is 297. The lowest BCUT2D eigenvalue weighted by molar-refractivity contribution is 0.230. The zero-order valence-electron chi connectivity index (χ0n) is 9.41. The normalized spacial score (nSPS) is 13.1. The van der Waals surface area contributed by atoms with Crippen LogP contribution in [0.5, 0.6) is 0 Å². The first-order valence-corrected chi connectivity index (χ1v) is 5.32. The van der Waals surface area contributed by atoms with Crippen molar-refractivity contribution in [3.8, 4) is 0 Å². The molecule has 0 saturated carbocycles. The van der Waals surface area contributed by atoms with Crippen LogP contribution in [0.2, 0.25) is 0 Å². The van der Waals surface area contributed by atoms with Crippen LogP contribution in [-0.2, 0) is 6.54 Å². The van der Waals surface area contributed by atoms with Gasteiger partial charge < -0.3 is 5.73 Å². The molecule has 0 fully saturated rings. The maximum atomic E-state index is 13.4. The molecule has 0 aliphatic heterocycles. The second-order valence-corrected chi connectivity index (χ2v) is 3.80. The Morgan fingerprint density at radius 1 is 1.40 bits per heavy atom. The third kappa shape index (κ3) is 3.29. The Balaban J connectivity index is 2.65. The summed E-state index contributed by atoms with van der Waals surface area (Å²) in [4.78, 5) is 2.10. The molecule has 2 N–H and O–H groups in total. The summed E-state index contributed by atoms with van der Waals surface area (Å²) in [5.74, 6) is -0.142. The molecule has 15 heavy (non-hydrogen) atoms. The molecule has 0 aliphatic carbocycles. The molecule has 1 aromatic rings. The fraction of sp³-hybridized carbons (Fsp3) is 0.500. The van der Waals surface area contributed by atoms with E-state index >= 15 is 0 Å². The summed E-state index contributed by atoms with van der Waals surface area (Å²) in [6, 6.07) is 7.20. The summed E-state index contributed by atoms with van der Waals surface area (Å²) in [6.07, 6.45) is 0.988. The molecule has 3 heteroatoms. The Morgan fingerprint density at radius 3 is 2.60 bits per heavy atom. The van der Waals surface area contributed by atoms with Crippen molar-refractivity contribution in [2.24, 2.45) is 5.73 Å². The van der Waals surface area contributed by atoms with Gasteiger partial charge in [-0.15, -0.1) is 0 Å². The molecule has 0 radical (unpaired) electrons. The van der Waals surface area contributed by atoms with Crippen molar-refractivity contribution in [3.63, 3.8) is 0 Å². The summed E-state index contributed by atoms with van der Waals surface area (Å²) in [7, 11) is 1.98. The Hall–Kier alpha value is -0.930. The van der Waals surface area contributed by atoms with Crippen LogP contribution in [0.15, 0.2) is 24.3 Å². The van der Waals surface area contributed by atoms with Crippen molar-refractivity contribution in [1.82, 2.24) is 4.90 Å². The average molecular weight is 210 g/mol. The van der Waals surface area contributed by atoms with Crippen LogP contribution in [0.25, 0.3) is 0 Å². The average Bonchev–Trinajstić information content (AvgIpc) is 2.23. The molecule has 0 aliphatic rings. The fourth-order valence-corrected chi connectivity index (χ4v) is 1.68. The lowest BCUT2D eigenvalue weighted by atomic mass is 10.1. The topological polar surface area (TPSA) is 29.3 Å². The maximum absolute atomic E-state index is 13.4. The van der Waals surface area contributed by atoms with Crippen LogP contribution in [0.1, 0.15) is 18.9 Å². The molecule has 1 aromatic carbocycles. The van der Waals surface area contributed by atoms with Gasteiger partial charge in [-0.3, -0.25) is 4.90 Å². The monoisotopic (exact) mass is 210 g/mol. The lowest BCUT2D eigenvalue weighted by Crippen LogP contribution is -2.37. The zero-order valence-corrected chi connectivity index (χ0v) is 9.41. The summed E-state index contributed by atoms with van der Waals surface area (Å²) in [5, 5.41) is 0. The molecule has 1 unspecified atom stereocenters. The van der Waals surface area contributed by atoms with Gasteiger partial charge in [0.1, 0.15) is 5.82 Å². The standard InChI is InChI=1S/C12H19FN2/c1-3-11(8-14)15(2)9-10-6-4-5-7-12(10)13/h4-7,11H,3,8-9,14H2,1-2H3. The van der Waals surface area contributed by atoms with Gasteiger partial charge in [-0.2, -0.15) is 0 Å². The van der Waals surface area contributed by atoms with E-state index in [4.69, 9.17) is 5.73 Å². The number of hydrogen-bond donors (Lipinski definition) is 1. The Morgan fingerprint density at radius 2 is 2.07 bits per heavy atom. The lowest BCUT2D eigenvalue weighted by Gasteiger charge is -2.25. The summed E-state index contributed by atoms with van der Waals surface area (Å²) < 4.78 is 13.4. The third-order valence-corrected chi connectivity index (χ3v) is 2.74. The maximum Gasteiger partial charge on any atom is 0.127 e. The summed E-state index contributed by atoms with van der Waals surface area (Å²) >= 11 is 0. The summed E-state index contributed by atoms with van der Waals surface area (Å²) in [5.41, 5.74) is 6.37. The van der Waals surface area contributed by atoms with Crippen molar-refractivity contribution >= 4 is 0 Å². The van der Waals surface area contributed by atoms with Crippen LogP contribution in [0, 0.1) is 5.82 Å². The van der Waals surface area contributed by atoms with Crippen LogP contribution in [0.3, 0.4) is 0 Å². The number of benzene rings is 1. The van der Waals surface area contributed by atoms with Crippen molar-refractivity contribution in [2.45, 2.75) is 25.9 Å². The van der Waals surface area contributed by atoms with E-state index in [2.05, 4.69) is 11.8 Å². The van der Waals surface area contributed by atoms with Gasteiger partial charge >= 0.3 is 0 Å². The van der Waals surface area contributed by atoms with E-state index in [0.29, 0.717) is 19.1 Å². The highest BCUT2D eigenvalue weighted by molar-refractivity contribution is 5.17. The van der Waals surface area contributed by atoms with Crippen molar-refractivity contribution in [3.05, 3.63) is 35.6 Å². The van der Waals surface area contributed by atoms with E-state index in [9.17, 15) is 4.39 Å². The van der Waals surface area contributed by atoms with Gasteiger partial charge in [-0.05, 0) is 19.5 Å². The van der Waals surface area contributed by atoms with E-state index in [1.807, 2.05) is 19.2 Å². The SMILES string of the molecule is CCC(CN)N(C)Cc1ccccc1F. The fourth-order valence-electron chi connectivity index (χ4n) is 1.68. The van der Waals surface area contributed by atoms with Crippen molar-refractivity contribution in [2.75, 3.05) is 13.6 Å². The highest BCUT2D eigenvalue weighted by Crippen LogP contribution is 2.11. The quantitative estimate of drug-likeness (QED) is 0.805. The number of hydrogen-bond acceptors (Lipinski definition) is 2. The predicted molar refractivity (Wildman–Crippen MR) is 61.0 cm³/mol. The minimum Gasteiger partial charge on any atom is -0.329 e. The van der Waals surface area contributed by atoms with Crippen LogP contribution in [0.4, 0.5) is 4.39 Å². The van der Waals surface area contributed by atoms with E-state index in [1.165, 1.54) is 6.07 Å². The van der Waals surface area contributed by atoms with Crippen LogP contribution >= 0.6 is 0 Å². The van der Waals surface area contributed by atoms with E-state index in [1.54, 1.807) is 6.07 Å². The molecule has 0 bridgehead atoms. The highest BCUT2D eigenvalue weighted by Gasteiger charge is 2.12. The molecule has 0 saturated heterocycles. The second-order valence-electron chi connectivity index (χ2n) is 3.80. The van der Waals surface area contributed by atoms with Crippen LogP contribution in [-0.4, -0.2) is 24.5 Å². The molecular weight excluding hydrogens is 191 g/mol. The van der Waals surface area contributed by atoms with E-state index in [-0.39, 0.29) is 5.82 Å².